The predicted molar refractivity (Wildman–Crippen MR) is 49.1 cm³/mol. The van der Waals surface area contributed by atoms with Gasteiger partial charge in [0.25, 0.3) is 0 Å². The lowest BCUT2D eigenvalue weighted by Crippen LogP contribution is -1.77. The van der Waals surface area contributed by atoms with Crippen LogP contribution in [0.5, 0.6) is 0 Å². The Balaban J connectivity index is 3.01. The molecule has 0 atom stereocenters. The SMILES string of the molecule is C=C/C(=C/C)c1c[c]ccc1. The van der Waals surface area contributed by atoms with Crippen molar-refractivity contribution >= 4 is 5.57 Å². The monoisotopic (exact) mass is 143 g/mol. The van der Waals surface area contributed by atoms with E-state index in [9.17, 15) is 0 Å². The number of hydrogen-bond acceptors (Lipinski definition) is 0. The van der Waals surface area contributed by atoms with E-state index >= 15 is 0 Å². The van der Waals surface area contributed by atoms with E-state index in [2.05, 4.69) is 12.6 Å². The second-order valence-electron chi connectivity index (χ2n) is 2.24. The Bertz CT molecular complexity index is 255. The fourth-order valence-corrected chi connectivity index (χ4v) is 0.975. The molecule has 0 aliphatic rings. The molecule has 0 spiro atoms. The van der Waals surface area contributed by atoms with Gasteiger partial charge in [0.05, 0.1) is 0 Å². The van der Waals surface area contributed by atoms with Gasteiger partial charge in [0.15, 0.2) is 0 Å². The van der Waals surface area contributed by atoms with Crippen molar-refractivity contribution < 1.29 is 0 Å². The van der Waals surface area contributed by atoms with E-state index in [0.717, 1.165) is 5.57 Å². The molecule has 0 fully saturated rings. The third kappa shape index (κ3) is 1.81. The standard InChI is InChI=1S/C11H11/c1-3-10(4-2)11-8-6-5-7-9-11/h3-6,8-9H,1H2,2H3/b10-4-. The van der Waals surface area contributed by atoms with Crippen LogP contribution in [0.15, 0.2) is 43.0 Å². The molecule has 1 aromatic rings. The van der Waals surface area contributed by atoms with Crippen LogP contribution in [0.1, 0.15) is 12.5 Å². The average molecular weight is 143 g/mol. The molecule has 0 heteroatoms. The van der Waals surface area contributed by atoms with Crippen molar-refractivity contribution in [1.29, 1.82) is 0 Å². The van der Waals surface area contributed by atoms with Crippen LogP contribution in [0.4, 0.5) is 0 Å². The van der Waals surface area contributed by atoms with Gasteiger partial charge in [0.1, 0.15) is 0 Å². The third-order valence-corrected chi connectivity index (χ3v) is 1.57. The van der Waals surface area contributed by atoms with Crippen LogP contribution in [-0.4, -0.2) is 0 Å². The van der Waals surface area contributed by atoms with Gasteiger partial charge < -0.3 is 0 Å². The first-order valence-electron chi connectivity index (χ1n) is 3.63. The van der Waals surface area contributed by atoms with Crippen molar-refractivity contribution in [3.8, 4) is 0 Å². The normalized spacial score (nSPS) is 11.2. The quantitative estimate of drug-likeness (QED) is 0.558. The van der Waals surface area contributed by atoms with Crippen molar-refractivity contribution in [3.05, 3.63) is 54.6 Å². The molecule has 0 amide bonds. The van der Waals surface area contributed by atoms with E-state index in [0.29, 0.717) is 0 Å². The van der Waals surface area contributed by atoms with Gasteiger partial charge in [-0.25, -0.2) is 0 Å². The van der Waals surface area contributed by atoms with E-state index in [-0.39, 0.29) is 0 Å². The minimum Gasteiger partial charge on any atom is -0.0985 e. The van der Waals surface area contributed by atoms with Gasteiger partial charge >= 0.3 is 0 Å². The summed E-state index contributed by atoms with van der Waals surface area (Å²) in [7, 11) is 0. The third-order valence-electron chi connectivity index (χ3n) is 1.57. The highest BCUT2D eigenvalue weighted by Crippen LogP contribution is 2.13. The fraction of sp³-hybridized carbons (Fsp3) is 0.0909. The molecule has 1 rings (SSSR count). The smallest absolute Gasteiger partial charge is 0.0178 e. The number of benzene rings is 1. The summed E-state index contributed by atoms with van der Waals surface area (Å²) in [5.74, 6) is 0. The molecular formula is C11H11. The lowest BCUT2D eigenvalue weighted by atomic mass is 10.1. The van der Waals surface area contributed by atoms with Crippen LogP contribution in [0.3, 0.4) is 0 Å². The van der Waals surface area contributed by atoms with Crippen LogP contribution < -0.4 is 0 Å². The number of rotatable bonds is 2. The topological polar surface area (TPSA) is 0 Å². The van der Waals surface area contributed by atoms with E-state index < -0.39 is 0 Å². The highest BCUT2D eigenvalue weighted by atomic mass is 14.0. The Kier molecular flexibility index (Phi) is 2.67. The largest absolute Gasteiger partial charge is 0.0985 e. The van der Waals surface area contributed by atoms with Crippen LogP contribution in [0.25, 0.3) is 5.57 Å². The molecule has 11 heavy (non-hydrogen) atoms. The van der Waals surface area contributed by atoms with Crippen molar-refractivity contribution in [2.75, 3.05) is 0 Å². The van der Waals surface area contributed by atoms with E-state index in [1.807, 2.05) is 43.3 Å². The van der Waals surface area contributed by atoms with Gasteiger partial charge in [0, 0.05) is 0 Å². The van der Waals surface area contributed by atoms with E-state index in [1.165, 1.54) is 5.56 Å². The van der Waals surface area contributed by atoms with Crippen molar-refractivity contribution in [1.82, 2.24) is 0 Å². The fourth-order valence-electron chi connectivity index (χ4n) is 0.975. The summed E-state index contributed by atoms with van der Waals surface area (Å²) in [4.78, 5) is 0. The molecule has 0 aliphatic carbocycles. The minimum absolute atomic E-state index is 1.15. The molecule has 1 aromatic carbocycles. The highest BCUT2D eigenvalue weighted by Gasteiger charge is 1.91. The first kappa shape index (κ1) is 7.80. The first-order valence-corrected chi connectivity index (χ1v) is 3.63. The van der Waals surface area contributed by atoms with Gasteiger partial charge in [-0.05, 0) is 30.2 Å². The zero-order valence-electron chi connectivity index (χ0n) is 6.67. The summed E-state index contributed by atoms with van der Waals surface area (Å²) in [6, 6.07) is 10.9. The molecule has 0 heterocycles. The van der Waals surface area contributed by atoms with Crippen LogP contribution >= 0.6 is 0 Å². The minimum atomic E-state index is 1.15. The maximum atomic E-state index is 3.73. The zero-order chi connectivity index (χ0) is 8.10. The van der Waals surface area contributed by atoms with Gasteiger partial charge in [-0.3, -0.25) is 0 Å². The predicted octanol–water partition coefficient (Wildman–Crippen LogP) is 3.08. The second-order valence-corrected chi connectivity index (χ2v) is 2.24. The van der Waals surface area contributed by atoms with E-state index in [4.69, 9.17) is 0 Å². The van der Waals surface area contributed by atoms with Crippen LogP contribution in [-0.2, 0) is 0 Å². The average Bonchev–Trinajstić information content (AvgIpc) is 2.09. The van der Waals surface area contributed by atoms with Gasteiger partial charge in [-0.1, -0.05) is 36.9 Å². The second kappa shape index (κ2) is 3.77. The molecule has 0 N–H and O–H groups in total. The molecule has 0 aliphatic heterocycles. The Hall–Kier alpha value is -1.30. The van der Waals surface area contributed by atoms with Crippen molar-refractivity contribution in [2.24, 2.45) is 0 Å². The zero-order valence-corrected chi connectivity index (χ0v) is 6.67. The number of allylic oxidation sites excluding steroid dienone is 3. The van der Waals surface area contributed by atoms with Crippen molar-refractivity contribution in [2.45, 2.75) is 6.92 Å². The van der Waals surface area contributed by atoms with Crippen LogP contribution in [0.2, 0.25) is 0 Å². The molecule has 0 bridgehead atoms. The Labute approximate surface area is 67.9 Å². The summed E-state index contributed by atoms with van der Waals surface area (Å²) in [6.07, 6.45) is 3.89. The molecule has 0 saturated heterocycles. The Morgan fingerprint density at radius 3 is 2.91 bits per heavy atom. The van der Waals surface area contributed by atoms with Gasteiger partial charge in [0.2, 0.25) is 0 Å². The summed E-state index contributed by atoms with van der Waals surface area (Å²) in [5.41, 5.74) is 2.33. The lowest BCUT2D eigenvalue weighted by Gasteiger charge is -1.98. The van der Waals surface area contributed by atoms with Gasteiger partial charge in [-0.15, -0.1) is 0 Å². The highest BCUT2D eigenvalue weighted by molar-refractivity contribution is 5.72. The molecule has 0 saturated carbocycles. The lowest BCUT2D eigenvalue weighted by molar-refractivity contribution is 1.59. The Morgan fingerprint density at radius 1 is 1.64 bits per heavy atom. The number of hydrogen-bond donors (Lipinski definition) is 0. The van der Waals surface area contributed by atoms with Gasteiger partial charge in [-0.2, -0.15) is 0 Å². The summed E-state index contributed by atoms with van der Waals surface area (Å²) in [5, 5.41) is 0. The van der Waals surface area contributed by atoms with Crippen LogP contribution in [0, 0.1) is 6.07 Å². The summed E-state index contributed by atoms with van der Waals surface area (Å²) >= 11 is 0. The molecule has 0 unspecified atom stereocenters. The molecule has 0 aromatic heterocycles. The molecule has 0 nitrogen and oxygen atoms in total. The maximum absolute atomic E-state index is 3.73. The summed E-state index contributed by atoms with van der Waals surface area (Å²) in [6.45, 7) is 5.73. The summed E-state index contributed by atoms with van der Waals surface area (Å²) < 4.78 is 0. The van der Waals surface area contributed by atoms with E-state index in [1.54, 1.807) is 0 Å². The van der Waals surface area contributed by atoms with Crippen molar-refractivity contribution in [3.63, 3.8) is 0 Å². The molecule has 1 radical (unpaired) electrons. The first-order chi connectivity index (χ1) is 5.38. The Morgan fingerprint density at radius 2 is 2.45 bits per heavy atom. The maximum Gasteiger partial charge on any atom is -0.0178 e. The molecule has 55 valence electrons. The molecular weight excluding hydrogens is 132 g/mol.